The number of para-hydroxylation sites is 1. The molecule has 2 aromatic carbocycles. The van der Waals surface area contributed by atoms with Crippen molar-refractivity contribution in [2.75, 3.05) is 11.2 Å². The van der Waals surface area contributed by atoms with E-state index >= 15 is 0 Å². The maximum absolute atomic E-state index is 12.8. The second-order valence-corrected chi connectivity index (χ2v) is 7.05. The number of carbonyl (C=O) groups is 2. The lowest BCUT2D eigenvalue weighted by molar-refractivity contribution is -0.126. The van der Waals surface area contributed by atoms with E-state index in [1.807, 2.05) is 49.6 Å². The van der Waals surface area contributed by atoms with Gasteiger partial charge in [0.2, 0.25) is 0 Å². The Morgan fingerprint density at radius 3 is 2.52 bits per heavy atom. The third-order valence-electron chi connectivity index (χ3n) is 4.40. The molecule has 0 radical (unpaired) electrons. The van der Waals surface area contributed by atoms with Gasteiger partial charge in [0.25, 0.3) is 5.91 Å². The van der Waals surface area contributed by atoms with E-state index < -0.39 is 12.1 Å². The summed E-state index contributed by atoms with van der Waals surface area (Å²) in [6, 6.07) is 15.1. The fourth-order valence-corrected chi connectivity index (χ4v) is 3.51. The number of benzene rings is 2. The van der Waals surface area contributed by atoms with Crippen molar-refractivity contribution in [3.63, 3.8) is 0 Å². The normalized spacial score (nSPS) is 17.1. The number of anilines is 1. The Morgan fingerprint density at radius 1 is 1.16 bits per heavy atom. The number of hydrogen-bond acceptors (Lipinski definition) is 4. The third-order valence-corrected chi connectivity index (χ3v) is 5.15. The molecule has 0 N–H and O–H groups in total. The van der Waals surface area contributed by atoms with Crippen molar-refractivity contribution in [3.8, 4) is 0 Å². The molecule has 1 aliphatic rings. The van der Waals surface area contributed by atoms with E-state index in [4.69, 9.17) is 4.74 Å². The van der Waals surface area contributed by atoms with Gasteiger partial charge in [-0.05, 0) is 62.4 Å². The fraction of sp³-hybridized carbons (Fsp3) is 0.300. The number of amides is 1. The summed E-state index contributed by atoms with van der Waals surface area (Å²) in [4.78, 5) is 27.9. The highest BCUT2D eigenvalue weighted by Gasteiger charge is 2.34. The van der Waals surface area contributed by atoms with Crippen LogP contribution in [0.4, 0.5) is 5.69 Å². The topological polar surface area (TPSA) is 46.6 Å². The zero-order valence-corrected chi connectivity index (χ0v) is 15.4. The summed E-state index contributed by atoms with van der Waals surface area (Å²) in [7, 11) is 0. The van der Waals surface area contributed by atoms with Crippen LogP contribution in [0.15, 0.2) is 53.4 Å². The number of rotatable bonds is 4. The summed E-state index contributed by atoms with van der Waals surface area (Å²) in [5.74, 6) is -0.667. The summed E-state index contributed by atoms with van der Waals surface area (Å²) in [6.07, 6.45) is 1.96. The Labute approximate surface area is 152 Å². The number of fused-ring (bicyclic) bond motifs is 1. The molecule has 1 amide bonds. The van der Waals surface area contributed by atoms with Crippen LogP contribution in [0.2, 0.25) is 0 Å². The molecular formula is C20H21NO3S. The molecule has 0 fully saturated rings. The molecule has 0 aromatic heterocycles. The van der Waals surface area contributed by atoms with Gasteiger partial charge in [-0.25, -0.2) is 4.79 Å². The minimum atomic E-state index is -0.832. The van der Waals surface area contributed by atoms with Gasteiger partial charge in [0, 0.05) is 16.6 Å². The number of thioether (sulfide) groups is 1. The third kappa shape index (κ3) is 3.56. The zero-order valence-electron chi connectivity index (χ0n) is 14.6. The summed E-state index contributed by atoms with van der Waals surface area (Å²) in [5.41, 5.74) is 2.51. The van der Waals surface area contributed by atoms with Crippen LogP contribution in [0, 0.1) is 0 Å². The molecule has 2 atom stereocenters. The minimum absolute atomic E-state index is 0.0620. The highest BCUT2D eigenvalue weighted by atomic mass is 32.2. The van der Waals surface area contributed by atoms with Crippen molar-refractivity contribution < 1.29 is 14.3 Å². The van der Waals surface area contributed by atoms with Crippen molar-refractivity contribution in [1.82, 2.24) is 0 Å². The van der Waals surface area contributed by atoms with E-state index in [2.05, 4.69) is 0 Å². The van der Waals surface area contributed by atoms with Crippen molar-refractivity contribution in [2.24, 2.45) is 0 Å². The highest BCUT2D eigenvalue weighted by Crippen LogP contribution is 2.32. The van der Waals surface area contributed by atoms with Crippen LogP contribution in [-0.4, -0.2) is 30.3 Å². The standard InChI is InChI=1S/C20H21NO3S/c1-13-12-16-6-4-5-7-18(16)21(13)19(22)14(2)24-20(23)15-8-10-17(25-3)11-9-15/h4-11,13-14H,12H2,1-3H3/t13-,14-/m0/s1. The molecule has 3 rings (SSSR count). The summed E-state index contributed by atoms with van der Waals surface area (Å²) < 4.78 is 5.41. The fourth-order valence-electron chi connectivity index (χ4n) is 3.10. The van der Waals surface area contributed by atoms with Crippen molar-refractivity contribution in [3.05, 3.63) is 59.7 Å². The molecule has 2 aromatic rings. The minimum Gasteiger partial charge on any atom is -0.449 e. The van der Waals surface area contributed by atoms with E-state index in [9.17, 15) is 9.59 Å². The maximum Gasteiger partial charge on any atom is 0.338 e. The van der Waals surface area contributed by atoms with Gasteiger partial charge >= 0.3 is 5.97 Å². The Kier molecular flexibility index (Phi) is 5.13. The van der Waals surface area contributed by atoms with Gasteiger partial charge in [0.1, 0.15) is 0 Å². The number of hydrogen-bond donors (Lipinski definition) is 0. The van der Waals surface area contributed by atoms with Crippen LogP contribution < -0.4 is 4.90 Å². The molecule has 0 unspecified atom stereocenters. The predicted octanol–water partition coefficient (Wildman–Crippen LogP) is 3.93. The first kappa shape index (κ1) is 17.5. The van der Waals surface area contributed by atoms with Gasteiger partial charge < -0.3 is 9.64 Å². The lowest BCUT2D eigenvalue weighted by Gasteiger charge is -2.25. The van der Waals surface area contributed by atoms with Crippen molar-refractivity contribution in [2.45, 2.75) is 37.3 Å². The van der Waals surface area contributed by atoms with E-state index in [1.54, 1.807) is 35.7 Å². The number of ether oxygens (including phenoxy) is 1. The molecule has 5 heteroatoms. The summed E-state index contributed by atoms with van der Waals surface area (Å²) >= 11 is 1.61. The molecule has 0 saturated heterocycles. The Balaban J connectivity index is 1.71. The van der Waals surface area contributed by atoms with Crippen LogP contribution in [-0.2, 0) is 16.0 Å². The molecule has 130 valence electrons. The van der Waals surface area contributed by atoms with Gasteiger partial charge in [-0.2, -0.15) is 0 Å². The van der Waals surface area contributed by atoms with E-state index in [0.717, 1.165) is 22.6 Å². The Morgan fingerprint density at radius 2 is 1.84 bits per heavy atom. The molecule has 0 bridgehead atoms. The van der Waals surface area contributed by atoms with E-state index in [0.29, 0.717) is 5.56 Å². The Bertz CT molecular complexity index is 788. The van der Waals surface area contributed by atoms with E-state index in [-0.39, 0.29) is 11.9 Å². The largest absolute Gasteiger partial charge is 0.449 e. The van der Waals surface area contributed by atoms with Crippen molar-refractivity contribution >= 4 is 29.3 Å². The molecule has 0 aliphatic carbocycles. The quantitative estimate of drug-likeness (QED) is 0.616. The number of esters is 1. The molecule has 0 spiro atoms. The van der Waals surface area contributed by atoms with Crippen molar-refractivity contribution in [1.29, 1.82) is 0 Å². The average molecular weight is 355 g/mol. The zero-order chi connectivity index (χ0) is 18.0. The lowest BCUT2D eigenvalue weighted by Crippen LogP contribution is -2.43. The SMILES string of the molecule is CSc1ccc(C(=O)O[C@@H](C)C(=O)N2c3ccccc3C[C@@H]2C)cc1. The second kappa shape index (κ2) is 7.31. The first-order valence-electron chi connectivity index (χ1n) is 8.27. The lowest BCUT2D eigenvalue weighted by atomic mass is 10.1. The number of nitrogens with zero attached hydrogens (tertiary/aromatic N) is 1. The maximum atomic E-state index is 12.8. The first-order valence-corrected chi connectivity index (χ1v) is 9.49. The van der Waals surface area contributed by atoms with Crippen LogP contribution >= 0.6 is 11.8 Å². The highest BCUT2D eigenvalue weighted by molar-refractivity contribution is 7.98. The molecule has 1 heterocycles. The van der Waals surface area contributed by atoms with E-state index in [1.165, 1.54) is 0 Å². The van der Waals surface area contributed by atoms with Gasteiger partial charge in [-0.1, -0.05) is 18.2 Å². The van der Waals surface area contributed by atoms with Gasteiger partial charge in [0.15, 0.2) is 6.10 Å². The summed E-state index contributed by atoms with van der Waals surface area (Å²) in [6.45, 7) is 3.64. The first-order chi connectivity index (χ1) is 12.0. The Hall–Kier alpha value is -2.27. The molecule has 25 heavy (non-hydrogen) atoms. The molecule has 0 saturated carbocycles. The van der Waals surface area contributed by atoms with Crippen LogP contribution in [0.1, 0.15) is 29.8 Å². The summed E-state index contributed by atoms with van der Waals surface area (Å²) in [5, 5.41) is 0. The molecular weight excluding hydrogens is 334 g/mol. The second-order valence-electron chi connectivity index (χ2n) is 6.17. The smallest absolute Gasteiger partial charge is 0.338 e. The van der Waals surface area contributed by atoms with Crippen LogP contribution in [0.3, 0.4) is 0 Å². The van der Waals surface area contributed by atoms with Gasteiger partial charge in [-0.3, -0.25) is 4.79 Å². The molecule has 1 aliphatic heterocycles. The van der Waals surface area contributed by atoms with Crippen LogP contribution in [0.5, 0.6) is 0 Å². The van der Waals surface area contributed by atoms with Gasteiger partial charge in [-0.15, -0.1) is 11.8 Å². The molecule has 4 nitrogen and oxygen atoms in total. The number of carbonyl (C=O) groups excluding carboxylic acids is 2. The predicted molar refractivity (Wildman–Crippen MR) is 100 cm³/mol. The van der Waals surface area contributed by atoms with Gasteiger partial charge in [0.05, 0.1) is 5.56 Å². The average Bonchev–Trinajstić information content (AvgIpc) is 2.96. The van der Waals surface area contributed by atoms with Crippen LogP contribution in [0.25, 0.3) is 0 Å². The monoisotopic (exact) mass is 355 g/mol.